The molecule has 0 fully saturated rings. The average Bonchev–Trinajstić information content (AvgIpc) is 2.18. The minimum absolute atomic E-state index is 0.211. The lowest BCUT2D eigenvalue weighted by atomic mass is 10.2. The van der Waals surface area contributed by atoms with Gasteiger partial charge in [-0.25, -0.2) is 8.42 Å². The standard InChI is InChI=1S/C8H6Br2N2O2S/c9-5-15(13,14)12-8-3-7(10)2-1-6(8)4-11/h1-3,12H,5H2. The number of sulfonamides is 1. The summed E-state index contributed by atoms with van der Waals surface area (Å²) < 4.78 is 25.3. The van der Waals surface area contributed by atoms with Crippen LogP contribution in [0.1, 0.15) is 5.56 Å². The van der Waals surface area contributed by atoms with Crippen molar-refractivity contribution in [1.29, 1.82) is 5.26 Å². The van der Waals surface area contributed by atoms with Crippen LogP contribution in [0.3, 0.4) is 0 Å². The van der Waals surface area contributed by atoms with Crippen molar-refractivity contribution in [1.82, 2.24) is 0 Å². The van der Waals surface area contributed by atoms with Gasteiger partial charge in [-0.2, -0.15) is 5.26 Å². The molecule has 0 atom stereocenters. The topological polar surface area (TPSA) is 70.0 Å². The quantitative estimate of drug-likeness (QED) is 0.848. The summed E-state index contributed by atoms with van der Waals surface area (Å²) in [5.41, 5.74) is 0.550. The van der Waals surface area contributed by atoms with Gasteiger partial charge in [0.25, 0.3) is 0 Å². The molecule has 0 heterocycles. The Hall–Kier alpha value is -0.580. The Kier molecular flexibility index (Phi) is 4.13. The molecule has 0 amide bonds. The second kappa shape index (κ2) is 4.96. The minimum atomic E-state index is -3.43. The molecular weight excluding hydrogens is 348 g/mol. The van der Waals surface area contributed by atoms with Gasteiger partial charge < -0.3 is 0 Å². The maximum Gasteiger partial charge on any atom is 0.242 e. The summed E-state index contributed by atoms with van der Waals surface area (Å²) in [6.07, 6.45) is 0. The van der Waals surface area contributed by atoms with Crippen molar-refractivity contribution < 1.29 is 8.42 Å². The first-order chi connectivity index (χ1) is 6.98. The second-order valence-corrected chi connectivity index (χ2v) is 6.57. The van der Waals surface area contributed by atoms with Crippen molar-refractivity contribution in [3.63, 3.8) is 0 Å². The normalized spacial score (nSPS) is 10.7. The zero-order valence-electron chi connectivity index (χ0n) is 7.37. The molecule has 15 heavy (non-hydrogen) atoms. The molecule has 4 nitrogen and oxygen atoms in total. The second-order valence-electron chi connectivity index (χ2n) is 2.63. The van der Waals surface area contributed by atoms with Crippen LogP contribution in [0.4, 0.5) is 5.69 Å². The molecule has 0 aromatic heterocycles. The number of hydrogen-bond acceptors (Lipinski definition) is 3. The fourth-order valence-corrected chi connectivity index (χ4v) is 2.16. The Labute approximate surface area is 105 Å². The third-order valence-corrected chi connectivity index (χ3v) is 4.63. The number of nitrogens with one attached hydrogen (secondary N) is 1. The van der Waals surface area contributed by atoms with Gasteiger partial charge in [0.15, 0.2) is 0 Å². The third-order valence-electron chi connectivity index (χ3n) is 1.51. The van der Waals surface area contributed by atoms with Crippen molar-refractivity contribution in [3.8, 4) is 6.07 Å². The molecule has 1 N–H and O–H groups in total. The van der Waals surface area contributed by atoms with Crippen molar-refractivity contribution >= 4 is 47.6 Å². The summed E-state index contributed by atoms with van der Waals surface area (Å²) in [6, 6.07) is 6.66. The highest BCUT2D eigenvalue weighted by Gasteiger charge is 2.11. The molecule has 7 heteroatoms. The van der Waals surface area contributed by atoms with Gasteiger partial charge >= 0.3 is 0 Å². The van der Waals surface area contributed by atoms with Crippen LogP contribution in [0.25, 0.3) is 0 Å². The highest BCUT2D eigenvalue weighted by molar-refractivity contribution is 9.11. The van der Waals surface area contributed by atoms with Crippen LogP contribution in [0.2, 0.25) is 0 Å². The van der Waals surface area contributed by atoms with E-state index in [0.717, 1.165) is 0 Å². The van der Waals surface area contributed by atoms with E-state index >= 15 is 0 Å². The van der Waals surface area contributed by atoms with Gasteiger partial charge in [0.2, 0.25) is 10.0 Å². The molecule has 1 rings (SSSR count). The molecule has 0 aliphatic heterocycles. The maximum absolute atomic E-state index is 11.3. The van der Waals surface area contributed by atoms with Crippen LogP contribution < -0.4 is 4.72 Å². The van der Waals surface area contributed by atoms with Gasteiger partial charge in [-0.1, -0.05) is 31.9 Å². The largest absolute Gasteiger partial charge is 0.281 e. The molecule has 0 bridgehead atoms. The molecule has 1 aromatic carbocycles. The number of hydrogen-bond donors (Lipinski definition) is 1. The highest BCUT2D eigenvalue weighted by atomic mass is 79.9. The number of nitrogens with zero attached hydrogens (tertiary/aromatic N) is 1. The van der Waals surface area contributed by atoms with E-state index in [1.165, 1.54) is 6.07 Å². The Bertz CT molecular complexity index is 508. The molecule has 0 aliphatic carbocycles. The molecule has 80 valence electrons. The summed E-state index contributed by atoms with van der Waals surface area (Å²) in [4.78, 5) is 0. The van der Waals surface area contributed by atoms with Gasteiger partial charge in [0.1, 0.15) is 10.7 Å². The van der Waals surface area contributed by atoms with E-state index in [4.69, 9.17) is 5.26 Å². The summed E-state index contributed by atoms with van der Waals surface area (Å²) >= 11 is 6.05. The van der Waals surface area contributed by atoms with Crippen LogP contribution in [0, 0.1) is 11.3 Å². The Morgan fingerprint density at radius 1 is 1.47 bits per heavy atom. The van der Waals surface area contributed by atoms with Crippen molar-refractivity contribution in [2.45, 2.75) is 0 Å². The number of anilines is 1. The number of halogens is 2. The predicted octanol–water partition coefficient (Wildman–Crippen LogP) is 2.41. The minimum Gasteiger partial charge on any atom is -0.281 e. The molecule has 0 saturated carbocycles. The summed E-state index contributed by atoms with van der Waals surface area (Å²) in [6.45, 7) is 0. The molecule has 0 spiro atoms. The van der Waals surface area contributed by atoms with E-state index in [0.29, 0.717) is 4.47 Å². The SMILES string of the molecule is N#Cc1ccc(Br)cc1NS(=O)(=O)CBr. The zero-order valence-corrected chi connectivity index (χ0v) is 11.4. The predicted molar refractivity (Wildman–Crippen MR) is 65.2 cm³/mol. The lowest BCUT2D eigenvalue weighted by molar-refractivity contribution is 0.606. The molecule has 0 radical (unpaired) electrons. The van der Waals surface area contributed by atoms with E-state index in [2.05, 4.69) is 36.6 Å². The van der Waals surface area contributed by atoms with Gasteiger partial charge in [-0.05, 0) is 18.2 Å². The van der Waals surface area contributed by atoms with E-state index in [1.807, 2.05) is 6.07 Å². The van der Waals surface area contributed by atoms with Gasteiger partial charge in [0.05, 0.1) is 11.3 Å². The molecule has 0 unspecified atom stereocenters. The fourth-order valence-electron chi connectivity index (χ4n) is 0.893. The summed E-state index contributed by atoms with van der Waals surface area (Å²) in [5.74, 6) is 0. The molecule has 1 aromatic rings. The van der Waals surface area contributed by atoms with E-state index in [-0.39, 0.29) is 15.9 Å². The van der Waals surface area contributed by atoms with Crippen molar-refractivity contribution in [2.24, 2.45) is 0 Å². The van der Waals surface area contributed by atoms with Gasteiger partial charge in [0, 0.05) is 4.47 Å². The number of alkyl halides is 1. The number of rotatable bonds is 3. The van der Waals surface area contributed by atoms with E-state index < -0.39 is 10.0 Å². The van der Waals surface area contributed by atoms with Crippen LogP contribution >= 0.6 is 31.9 Å². The lowest BCUT2D eigenvalue weighted by Crippen LogP contribution is -2.14. The lowest BCUT2D eigenvalue weighted by Gasteiger charge is -2.07. The summed E-state index contributed by atoms with van der Waals surface area (Å²) in [7, 11) is -3.43. The first-order valence-corrected chi connectivity index (χ1v) is 7.31. The smallest absolute Gasteiger partial charge is 0.242 e. The van der Waals surface area contributed by atoms with E-state index in [1.54, 1.807) is 12.1 Å². The highest BCUT2D eigenvalue weighted by Crippen LogP contribution is 2.22. The average molecular weight is 354 g/mol. The monoisotopic (exact) mass is 352 g/mol. The third kappa shape index (κ3) is 3.48. The fraction of sp³-hybridized carbons (Fsp3) is 0.125. The molecule has 0 saturated heterocycles. The molecule has 0 aliphatic rings. The van der Waals surface area contributed by atoms with Gasteiger partial charge in [-0.3, -0.25) is 4.72 Å². The number of benzene rings is 1. The molecular formula is C8H6Br2N2O2S. The Morgan fingerprint density at radius 3 is 2.67 bits per heavy atom. The van der Waals surface area contributed by atoms with Crippen LogP contribution in [0.15, 0.2) is 22.7 Å². The first kappa shape index (κ1) is 12.5. The van der Waals surface area contributed by atoms with Crippen LogP contribution in [0.5, 0.6) is 0 Å². The van der Waals surface area contributed by atoms with Gasteiger partial charge in [-0.15, -0.1) is 0 Å². The maximum atomic E-state index is 11.3. The van der Waals surface area contributed by atoms with E-state index in [9.17, 15) is 8.42 Å². The first-order valence-electron chi connectivity index (χ1n) is 3.74. The van der Waals surface area contributed by atoms with Crippen molar-refractivity contribution in [2.75, 3.05) is 9.38 Å². The Balaban J connectivity index is 3.15. The Morgan fingerprint density at radius 2 is 2.13 bits per heavy atom. The van der Waals surface area contributed by atoms with Crippen molar-refractivity contribution in [3.05, 3.63) is 28.2 Å². The summed E-state index contributed by atoms with van der Waals surface area (Å²) in [5, 5.41) is 8.77. The van der Waals surface area contributed by atoms with Crippen LogP contribution in [-0.4, -0.2) is 13.1 Å². The number of nitriles is 1. The van der Waals surface area contributed by atoms with Crippen LogP contribution in [-0.2, 0) is 10.0 Å². The zero-order chi connectivity index (χ0) is 11.5.